The van der Waals surface area contributed by atoms with Crippen LogP contribution >= 0.6 is 0 Å². The van der Waals surface area contributed by atoms with Gasteiger partial charge < -0.3 is 20.1 Å². The van der Waals surface area contributed by atoms with Crippen molar-refractivity contribution in [3.63, 3.8) is 0 Å². The molecule has 0 aliphatic heterocycles. The van der Waals surface area contributed by atoms with Crippen LogP contribution in [0.5, 0.6) is 5.88 Å². The summed E-state index contributed by atoms with van der Waals surface area (Å²) >= 11 is 0. The van der Waals surface area contributed by atoms with Gasteiger partial charge in [-0.2, -0.15) is 0 Å². The van der Waals surface area contributed by atoms with Crippen molar-refractivity contribution in [2.75, 3.05) is 6.61 Å². The maximum atomic E-state index is 11.0. The van der Waals surface area contributed by atoms with Gasteiger partial charge in [-0.05, 0) is 18.2 Å². The number of primary amides is 1. The summed E-state index contributed by atoms with van der Waals surface area (Å²) < 4.78 is 7.30. The summed E-state index contributed by atoms with van der Waals surface area (Å²) in [5.41, 5.74) is 5.34. The lowest BCUT2D eigenvalue weighted by molar-refractivity contribution is 0.0995. The van der Waals surface area contributed by atoms with E-state index in [1.165, 1.54) is 12.5 Å². The molecule has 0 spiro atoms. The van der Waals surface area contributed by atoms with Gasteiger partial charge in [-0.1, -0.05) is 24.3 Å². The third-order valence-corrected chi connectivity index (χ3v) is 3.84. The minimum Gasteiger partial charge on any atom is -0.478 e. The van der Waals surface area contributed by atoms with Crippen LogP contribution in [0.1, 0.15) is 23.3 Å². The highest BCUT2D eigenvalue weighted by Crippen LogP contribution is 2.17. The Balaban J connectivity index is 1.43. The summed E-state index contributed by atoms with van der Waals surface area (Å²) in [6, 6.07) is 9.87. The molecule has 0 unspecified atom stereocenters. The molecule has 3 rings (SSSR count). The van der Waals surface area contributed by atoms with E-state index in [0.29, 0.717) is 31.9 Å². The van der Waals surface area contributed by atoms with Crippen molar-refractivity contribution in [3.8, 4) is 5.88 Å². The summed E-state index contributed by atoms with van der Waals surface area (Å²) in [6.45, 7) is 0.827. The summed E-state index contributed by atoms with van der Waals surface area (Å²) in [5, 5.41) is 12.2. The van der Waals surface area contributed by atoms with Gasteiger partial charge in [0.25, 0.3) is 5.91 Å². The van der Waals surface area contributed by atoms with Gasteiger partial charge in [-0.3, -0.25) is 4.79 Å². The summed E-state index contributed by atoms with van der Waals surface area (Å²) in [6.07, 6.45) is 5.50. The summed E-state index contributed by atoms with van der Waals surface area (Å²) in [5.74, 6) is -0.00146. The molecular weight excluding hydrogens is 320 g/mol. The fourth-order valence-electron chi connectivity index (χ4n) is 2.56. The van der Waals surface area contributed by atoms with Gasteiger partial charge in [-0.15, -0.1) is 0 Å². The smallest absolute Gasteiger partial charge is 0.268 e. The largest absolute Gasteiger partial charge is 0.478 e. The third-order valence-electron chi connectivity index (χ3n) is 3.84. The normalized spacial score (nSPS) is 12.2. The van der Waals surface area contributed by atoms with Crippen LogP contribution < -0.4 is 10.5 Å². The lowest BCUT2D eigenvalue weighted by Crippen LogP contribution is -2.16. The second kappa shape index (κ2) is 7.76. The molecule has 0 saturated heterocycles. The molecule has 2 heterocycles. The first-order chi connectivity index (χ1) is 12.1. The SMILES string of the molecule is NC(=O)c1cn(C[C@@H](O)CCCOc2cc3ccccc3cn2)cn1. The van der Waals surface area contributed by atoms with Crippen LogP contribution in [0.3, 0.4) is 0 Å². The van der Waals surface area contributed by atoms with Crippen LogP contribution in [0.15, 0.2) is 49.1 Å². The van der Waals surface area contributed by atoms with Crippen molar-refractivity contribution >= 4 is 16.7 Å². The maximum Gasteiger partial charge on any atom is 0.268 e. The predicted molar refractivity (Wildman–Crippen MR) is 93.2 cm³/mol. The van der Waals surface area contributed by atoms with Crippen LogP contribution in [-0.2, 0) is 6.54 Å². The number of pyridine rings is 1. The van der Waals surface area contributed by atoms with Crippen molar-refractivity contribution in [2.24, 2.45) is 5.73 Å². The Morgan fingerprint density at radius 3 is 2.84 bits per heavy atom. The molecule has 1 atom stereocenters. The van der Waals surface area contributed by atoms with E-state index in [2.05, 4.69) is 9.97 Å². The van der Waals surface area contributed by atoms with E-state index in [0.717, 1.165) is 10.8 Å². The number of rotatable bonds is 8. The number of benzene rings is 1. The molecule has 130 valence electrons. The van der Waals surface area contributed by atoms with E-state index < -0.39 is 12.0 Å². The number of amides is 1. The topological polar surface area (TPSA) is 103 Å². The minimum atomic E-state index is -0.579. The molecule has 25 heavy (non-hydrogen) atoms. The molecule has 1 amide bonds. The molecule has 2 aromatic heterocycles. The first kappa shape index (κ1) is 16.9. The highest BCUT2D eigenvalue weighted by atomic mass is 16.5. The van der Waals surface area contributed by atoms with E-state index in [-0.39, 0.29) is 5.69 Å². The zero-order chi connectivity index (χ0) is 17.6. The Bertz CT molecular complexity index is 862. The van der Waals surface area contributed by atoms with Gasteiger partial charge in [0.15, 0.2) is 0 Å². The highest BCUT2D eigenvalue weighted by molar-refractivity contribution is 5.90. The second-order valence-corrected chi connectivity index (χ2v) is 5.83. The van der Waals surface area contributed by atoms with Gasteiger partial charge in [0.1, 0.15) is 5.69 Å². The first-order valence-electron chi connectivity index (χ1n) is 8.09. The molecular formula is C18H20N4O3. The summed E-state index contributed by atoms with van der Waals surface area (Å²) in [4.78, 5) is 19.1. The van der Waals surface area contributed by atoms with Gasteiger partial charge >= 0.3 is 0 Å². The third kappa shape index (κ3) is 4.54. The van der Waals surface area contributed by atoms with Crippen LogP contribution in [-0.4, -0.2) is 38.3 Å². The molecule has 0 radical (unpaired) electrons. The molecule has 0 aliphatic rings. The fraction of sp³-hybridized carbons (Fsp3) is 0.278. The van der Waals surface area contributed by atoms with Gasteiger partial charge in [0, 0.05) is 30.4 Å². The van der Waals surface area contributed by atoms with Crippen LogP contribution in [0.25, 0.3) is 10.8 Å². The van der Waals surface area contributed by atoms with E-state index in [9.17, 15) is 9.90 Å². The molecule has 1 aromatic carbocycles. The number of ether oxygens (including phenoxy) is 1. The molecule has 7 nitrogen and oxygen atoms in total. The number of imidazole rings is 1. The van der Waals surface area contributed by atoms with Crippen molar-refractivity contribution in [3.05, 3.63) is 54.7 Å². The van der Waals surface area contributed by atoms with E-state index >= 15 is 0 Å². The lowest BCUT2D eigenvalue weighted by atomic mass is 10.2. The van der Waals surface area contributed by atoms with Crippen molar-refractivity contribution in [1.82, 2.24) is 14.5 Å². The Morgan fingerprint density at radius 2 is 2.08 bits per heavy atom. The zero-order valence-corrected chi connectivity index (χ0v) is 13.7. The zero-order valence-electron chi connectivity index (χ0n) is 13.7. The lowest BCUT2D eigenvalue weighted by Gasteiger charge is -2.11. The fourth-order valence-corrected chi connectivity index (χ4v) is 2.56. The van der Waals surface area contributed by atoms with Crippen LogP contribution in [0.4, 0.5) is 0 Å². The number of nitrogens with two attached hydrogens (primary N) is 1. The van der Waals surface area contributed by atoms with E-state index in [1.807, 2.05) is 30.3 Å². The number of aliphatic hydroxyl groups excluding tert-OH is 1. The van der Waals surface area contributed by atoms with Gasteiger partial charge in [0.05, 0.1) is 19.0 Å². The van der Waals surface area contributed by atoms with Crippen molar-refractivity contribution < 1.29 is 14.6 Å². The Kier molecular flexibility index (Phi) is 5.25. The van der Waals surface area contributed by atoms with E-state index in [4.69, 9.17) is 10.5 Å². The predicted octanol–water partition coefficient (Wildman–Crippen LogP) is 1.75. The van der Waals surface area contributed by atoms with Crippen LogP contribution in [0.2, 0.25) is 0 Å². The molecule has 0 bridgehead atoms. The standard InChI is InChI=1S/C18H20N4O3/c19-18(24)16-11-22(12-21-16)10-15(23)6-3-7-25-17-8-13-4-1-2-5-14(13)9-20-17/h1-2,4-5,8-9,11-12,15,23H,3,6-7,10H2,(H2,19,24)/t15-/m0/s1. The Hall–Kier alpha value is -2.93. The Morgan fingerprint density at radius 1 is 1.28 bits per heavy atom. The Labute approximate surface area is 145 Å². The molecule has 7 heteroatoms. The number of nitrogens with zero attached hydrogens (tertiary/aromatic N) is 3. The molecule has 0 saturated carbocycles. The van der Waals surface area contributed by atoms with Crippen molar-refractivity contribution in [2.45, 2.75) is 25.5 Å². The number of carbonyl (C=O) groups is 1. The quantitative estimate of drug-likeness (QED) is 0.608. The molecule has 3 aromatic rings. The second-order valence-electron chi connectivity index (χ2n) is 5.83. The maximum absolute atomic E-state index is 11.0. The van der Waals surface area contributed by atoms with E-state index in [1.54, 1.807) is 10.8 Å². The average Bonchev–Trinajstić information content (AvgIpc) is 3.07. The number of hydrogen-bond donors (Lipinski definition) is 2. The highest BCUT2D eigenvalue weighted by Gasteiger charge is 2.09. The first-order valence-corrected chi connectivity index (χ1v) is 8.09. The van der Waals surface area contributed by atoms with Crippen molar-refractivity contribution in [1.29, 1.82) is 0 Å². The monoisotopic (exact) mass is 340 g/mol. The molecule has 0 aliphatic carbocycles. The minimum absolute atomic E-state index is 0.193. The summed E-state index contributed by atoms with van der Waals surface area (Å²) in [7, 11) is 0. The number of carbonyl (C=O) groups excluding carboxylic acids is 1. The number of hydrogen-bond acceptors (Lipinski definition) is 5. The van der Waals surface area contributed by atoms with Gasteiger partial charge in [0.2, 0.25) is 5.88 Å². The molecule has 0 fully saturated rings. The molecule has 3 N–H and O–H groups in total. The number of fused-ring (bicyclic) bond motifs is 1. The van der Waals surface area contributed by atoms with Crippen LogP contribution in [0, 0.1) is 0 Å². The number of aromatic nitrogens is 3. The van der Waals surface area contributed by atoms with Gasteiger partial charge in [-0.25, -0.2) is 9.97 Å². The average molecular weight is 340 g/mol. The number of aliphatic hydroxyl groups is 1.